The Labute approximate surface area is 124 Å². The molecule has 1 aromatic heterocycles. The first kappa shape index (κ1) is 14.6. The molecule has 106 valence electrons. The lowest BCUT2D eigenvalue weighted by Crippen LogP contribution is -2.30. The Balaban J connectivity index is 1.88. The molecule has 0 aliphatic rings. The Morgan fingerprint density at radius 2 is 2.25 bits per heavy atom. The van der Waals surface area contributed by atoms with Crippen molar-refractivity contribution in [2.24, 2.45) is 0 Å². The predicted octanol–water partition coefficient (Wildman–Crippen LogP) is 3.22. The van der Waals surface area contributed by atoms with Gasteiger partial charge in [0.15, 0.2) is 6.61 Å². The maximum absolute atomic E-state index is 12.9. The number of nitrogens with zero attached hydrogens (tertiary/aromatic N) is 1. The van der Waals surface area contributed by atoms with Gasteiger partial charge in [-0.15, -0.1) is 0 Å². The fourth-order valence-electron chi connectivity index (χ4n) is 1.57. The van der Waals surface area contributed by atoms with Crippen LogP contribution in [0.3, 0.4) is 0 Å². The van der Waals surface area contributed by atoms with Gasteiger partial charge < -0.3 is 14.1 Å². The first-order chi connectivity index (χ1) is 9.56. The van der Waals surface area contributed by atoms with Crippen molar-refractivity contribution in [3.8, 4) is 5.75 Å². The third kappa shape index (κ3) is 3.84. The smallest absolute Gasteiger partial charge is 0.260 e. The molecule has 0 aliphatic carbocycles. The molecule has 2 rings (SSSR count). The molecule has 0 unspecified atom stereocenters. The monoisotopic (exact) mass is 341 g/mol. The number of rotatable bonds is 5. The Hall–Kier alpha value is -1.82. The van der Waals surface area contributed by atoms with Crippen LogP contribution in [0.15, 0.2) is 45.5 Å². The highest BCUT2D eigenvalue weighted by atomic mass is 79.9. The van der Waals surface area contributed by atoms with Crippen LogP contribution in [-0.2, 0) is 11.3 Å². The van der Waals surface area contributed by atoms with Crippen molar-refractivity contribution < 1.29 is 18.3 Å². The minimum atomic E-state index is -0.370. The van der Waals surface area contributed by atoms with Gasteiger partial charge in [0, 0.05) is 7.05 Å². The normalized spacial score (nSPS) is 10.3. The Kier molecular flexibility index (Phi) is 4.79. The molecule has 0 spiro atoms. The van der Waals surface area contributed by atoms with E-state index in [2.05, 4.69) is 15.9 Å². The second-order valence-electron chi connectivity index (χ2n) is 4.19. The molecule has 20 heavy (non-hydrogen) atoms. The van der Waals surface area contributed by atoms with Gasteiger partial charge in [-0.25, -0.2) is 4.39 Å². The molecule has 0 N–H and O–H groups in total. The van der Waals surface area contributed by atoms with Crippen molar-refractivity contribution in [1.29, 1.82) is 0 Å². The summed E-state index contributed by atoms with van der Waals surface area (Å²) in [6.07, 6.45) is 1.56. The van der Waals surface area contributed by atoms with Crippen LogP contribution >= 0.6 is 15.9 Å². The van der Waals surface area contributed by atoms with E-state index in [1.165, 1.54) is 23.1 Å². The lowest BCUT2D eigenvalue weighted by atomic mass is 10.3. The molecule has 1 heterocycles. The Morgan fingerprint density at radius 1 is 1.45 bits per heavy atom. The highest BCUT2D eigenvalue weighted by molar-refractivity contribution is 9.10. The molecule has 0 bridgehead atoms. The summed E-state index contributed by atoms with van der Waals surface area (Å²) in [4.78, 5) is 13.4. The molecule has 1 amide bonds. The minimum absolute atomic E-state index is 0.124. The van der Waals surface area contributed by atoms with Crippen LogP contribution in [0.25, 0.3) is 0 Å². The summed E-state index contributed by atoms with van der Waals surface area (Å²) in [5.74, 6) is 0.554. The van der Waals surface area contributed by atoms with E-state index in [9.17, 15) is 9.18 Å². The maximum atomic E-state index is 12.9. The molecule has 0 radical (unpaired) electrons. The molecule has 0 fully saturated rings. The first-order valence-corrected chi connectivity index (χ1v) is 6.70. The van der Waals surface area contributed by atoms with Crippen molar-refractivity contribution in [2.45, 2.75) is 6.54 Å². The fraction of sp³-hybridized carbons (Fsp3) is 0.214. The van der Waals surface area contributed by atoms with Crippen LogP contribution in [0, 0.1) is 5.82 Å². The largest absolute Gasteiger partial charge is 0.483 e. The number of ether oxygens (including phenoxy) is 1. The zero-order chi connectivity index (χ0) is 14.5. The quantitative estimate of drug-likeness (QED) is 0.838. The highest BCUT2D eigenvalue weighted by Gasteiger charge is 2.12. The van der Waals surface area contributed by atoms with E-state index >= 15 is 0 Å². The number of hydrogen-bond donors (Lipinski definition) is 0. The summed E-state index contributed by atoms with van der Waals surface area (Å²) >= 11 is 3.18. The lowest BCUT2D eigenvalue weighted by molar-refractivity contribution is -0.132. The molecule has 2 aromatic rings. The summed E-state index contributed by atoms with van der Waals surface area (Å²) in [5, 5.41) is 0. The number of benzene rings is 1. The summed E-state index contributed by atoms with van der Waals surface area (Å²) in [5.41, 5.74) is 0. The first-order valence-electron chi connectivity index (χ1n) is 5.90. The van der Waals surface area contributed by atoms with Gasteiger partial charge >= 0.3 is 0 Å². The van der Waals surface area contributed by atoms with Crippen LogP contribution in [0.2, 0.25) is 0 Å². The molecule has 4 nitrogen and oxygen atoms in total. The van der Waals surface area contributed by atoms with Crippen molar-refractivity contribution in [1.82, 2.24) is 4.90 Å². The summed E-state index contributed by atoms with van der Waals surface area (Å²) in [6.45, 7) is 0.251. The molecular weight excluding hydrogens is 329 g/mol. The third-order valence-electron chi connectivity index (χ3n) is 2.64. The van der Waals surface area contributed by atoms with Crippen LogP contribution in [0.1, 0.15) is 5.76 Å². The van der Waals surface area contributed by atoms with Crippen LogP contribution in [-0.4, -0.2) is 24.5 Å². The molecule has 1 aromatic carbocycles. The van der Waals surface area contributed by atoms with Gasteiger partial charge in [0.1, 0.15) is 17.3 Å². The predicted molar refractivity (Wildman–Crippen MR) is 74.8 cm³/mol. The van der Waals surface area contributed by atoms with E-state index in [1.807, 2.05) is 0 Å². The van der Waals surface area contributed by atoms with Gasteiger partial charge in [0.25, 0.3) is 5.91 Å². The van der Waals surface area contributed by atoms with E-state index in [-0.39, 0.29) is 18.3 Å². The van der Waals surface area contributed by atoms with Gasteiger partial charge in [-0.05, 0) is 46.3 Å². The molecule has 0 aliphatic heterocycles. The third-order valence-corrected chi connectivity index (χ3v) is 3.26. The number of halogens is 2. The fourth-order valence-corrected chi connectivity index (χ4v) is 2.03. The standard InChI is InChI=1S/C14H13BrFNO3/c1-17(8-11-3-2-6-19-11)14(18)9-20-13-5-4-10(16)7-12(13)15/h2-7H,8-9H2,1H3. The molecule has 6 heteroatoms. The van der Waals surface area contributed by atoms with Crippen LogP contribution in [0.5, 0.6) is 5.75 Å². The number of furan rings is 1. The van der Waals surface area contributed by atoms with Crippen molar-refractivity contribution in [3.63, 3.8) is 0 Å². The van der Waals surface area contributed by atoms with E-state index in [1.54, 1.807) is 25.4 Å². The number of carbonyl (C=O) groups excluding carboxylic acids is 1. The van der Waals surface area contributed by atoms with Gasteiger partial charge in [-0.3, -0.25) is 4.79 Å². The van der Waals surface area contributed by atoms with Crippen LogP contribution < -0.4 is 4.74 Å². The molecule has 0 saturated carbocycles. The number of carbonyl (C=O) groups is 1. The average Bonchev–Trinajstić information content (AvgIpc) is 2.90. The Morgan fingerprint density at radius 3 is 2.90 bits per heavy atom. The lowest BCUT2D eigenvalue weighted by Gasteiger charge is -2.16. The summed E-state index contributed by atoms with van der Waals surface area (Å²) in [7, 11) is 1.66. The van der Waals surface area contributed by atoms with E-state index in [0.29, 0.717) is 22.5 Å². The van der Waals surface area contributed by atoms with Gasteiger partial charge in [0.05, 0.1) is 17.3 Å². The zero-order valence-corrected chi connectivity index (χ0v) is 12.4. The van der Waals surface area contributed by atoms with Gasteiger partial charge in [-0.2, -0.15) is 0 Å². The minimum Gasteiger partial charge on any atom is -0.483 e. The van der Waals surface area contributed by atoms with E-state index in [4.69, 9.17) is 9.15 Å². The van der Waals surface area contributed by atoms with Crippen molar-refractivity contribution in [2.75, 3.05) is 13.7 Å². The highest BCUT2D eigenvalue weighted by Crippen LogP contribution is 2.25. The average molecular weight is 342 g/mol. The number of amides is 1. The van der Waals surface area contributed by atoms with Gasteiger partial charge in [-0.1, -0.05) is 0 Å². The van der Waals surface area contributed by atoms with E-state index < -0.39 is 0 Å². The molecule has 0 atom stereocenters. The molecular formula is C14H13BrFNO3. The number of hydrogen-bond acceptors (Lipinski definition) is 3. The number of likely N-dealkylation sites (N-methyl/N-ethyl adjacent to an activating group) is 1. The SMILES string of the molecule is CN(Cc1ccco1)C(=O)COc1ccc(F)cc1Br. The molecule has 0 saturated heterocycles. The Bertz CT molecular complexity index is 586. The van der Waals surface area contributed by atoms with Crippen molar-refractivity contribution in [3.05, 3.63) is 52.6 Å². The summed E-state index contributed by atoms with van der Waals surface area (Å²) in [6, 6.07) is 7.59. The van der Waals surface area contributed by atoms with Gasteiger partial charge in [0.2, 0.25) is 0 Å². The van der Waals surface area contributed by atoms with Crippen molar-refractivity contribution >= 4 is 21.8 Å². The second kappa shape index (κ2) is 6.56. The van der Waals surface area contributed by atoms with Crippen LogP contribution in [0.4, 0.5) is 4.39 Å². The maximum Gasteiger partial charge on any atom is 0.260 e. The topological polar surface area (TPSA) is 42.7 Å². The second-order valence-corrected chi connectivity index (χ2v) is 5.05. The van der Waals surface area contributed by atoms with E-state index in [0.717, 1.165) is 0 Å². The summed E-state index contributed by atoms with van der Waals surface area (Å²) < 4.78 is 23.9. The zero-order valence-electron chi connectivity index (χ0n) is 10.8.